The normalized spacial score (nSPS) is 11.8. The fourth-order valence-electron chi connectivity index (χ4n) is 3.58. The number of hydrogen-bond donors (Lipinski definition) is 3. The lowest BCUT2D eigenvalue weighted by atomic mass is 9.92. The van der Waals surface area contributed by atoms with Gasteiger partial charge in [0, 0.05) is 18.4 Å². The highest BCUT2D eigenvalue weighted by Gasteiger charge is 2.25. The summed E-state index contributed by atoms with van der Waals surface area (Å²) >= 11 is 0. The van der Waals surface area contributed by atoms with Gasteiger partial charge >= 0.3 is 11.7 Å². The van der Waals surface area contributed by atoms with Crippen LogP contribution in [0, 0.1) is 5.82 Å². The first-order valence-corrected chi connectivity index (χ1v) is 12.9. The van der Waals surface area contributed by atoms with Gasteiger partial charge in [-0.3, -0.25) is 14.3 Å². The van der Waals surface area contributed by atoms with E-state index in [1.54, 1.807) is 0 Å². The summed E-state index contributed by atoms with van der Waals surface area (Å²) in [5.74, 6) is -0.767. The van der Waals surface area contributed by atoms with Crippen LogP contribution in [0.3, 0.4) is 0 Å². The first kappa shape index (κ1) is 27.3. The minimum Gasteiger partial charge on any atom is -0.307 e. The molecule has 34 heavy (non-hydrogen) atoms. The van der Waals surface area contributed by atoms with Crippen molar-refractivity contribution in [3.63, 3.8) is 0 Å². The molecule has 0 aliphatic carbocycles. The molecule has 0 saturated carbocycles. The molecule has 0 bridgehead atoms. The fourth-order valence-corrected chi connectivity index (χ4v) is 4.54. The van der Waals surface area contributed by atoms with Gasteiger partial charge < -0.3 is 5.32 Å². The van der Waals surface area contributed by atoms with Gasteiger partial charge in [-0.1, -0.05) is 53.9 Å². The number of unbranched alkanes of at least 4 members (excludes halogenated alkanes) is 3. The van der Waals surface area contributed by atoms with Crippen LogP contribution in [0.25, 0.3) is 0 Å². The number of rotatable bonds is 10. The predicted octanol–water partition coefficient (Wildman–Crippen LogP) is 4.01. The van der Waals surface area contributed by atoms with Crippen molar-refractivity contribution in [1.82, 2.24) is 14.3 Å². The molecule has 0 radical (unpaired) electrons. The molecule has 1 heterocycles. The van der Waals surface area contributed by atoms with Crippen LogP contribution in [0.2, 0.25) is 0 Å². The van der Waals surface area contributed by atoms with Gasteiger partial charge in [-0.25, -0.2) is 27.1 Å². The predicted molar refractivity (Wildman–Crippen MR) is 129 cm³/mol. The highest BCUT2D eigenvalue weighted by Crippen LogP contribution is 2.33. The smallest absolute Gasteiger partial charge is 0.307 e. The Morgan fingerprint density at radius 2 is 1.65 bits per heavy atom. The summed E-state index contributed by atoms with van der Waals surface area (Å²) in [5, 5.41) is 2.51. The Balaban J connectivity index is 2.34. The summed E-state index contributed by atoms with van der Waals surface area (Å²) in [4.78, 5) is 38.2. The number of halogens is 1. The van der Waals surface area contributed by atoms with E-state index >= 15 is 0 Å². The molecule has 0 fully saturated rings. The number of anilines is 1. The van der Waals surface area contributed by atoms with Crippen molar-refractivity contribution < 1.29 is 17.6 Å². The first-order chi connectivity index (χ1) is 15.9. The van der Waals surface area contributed by atoms with Gasteiger partial charge in [0.05, 0.1) is 0 Å². The average Bonchev–Trinajstić information content (AvgIpc) is 2.72. The van der Waals surface area contributed by atoms with Crippen molar-refractivity contribution in [1.29, 1.82) is 0 Å². The number of amides is 2. The molecule has 0 aliphatic rings. The molecule has 0 spiro atoms. The number of nitrogens with zero attached hydrogens (tertiary/aromatic N) is 1. The molecular weight excluding hydrogens is 463 g/mol. The quantitative estimate of drug-likeness (QED) is 0.428. The van der Waals surface area contributed by atoms with E-state index in [9.17, 15) is 27.2 Å². The van der Waals surface area contributed by atoms with Gasteiger partial charge in [-0.15, -0.1) is 0 Å². The van der Waals surface area contributed by atoms with Crippen LogP contribution < -0.4 is 21.3 Å². The Hall–Kier alpha value is -2.95. The molecule has 0 atom stereocenters. The third kappa shape index (κ3) is 6.78. The van der Waals surface area contributed by atoms with Gasteiger partial charge in [-0.05, 0) is 41.5 Å². The van der Waals surface area contributed by atoms with Crippen LogP contribution in [0.15, 0.2) is 32.8 Å². The largest absolute Gasteiger partial charge is 0.333 e. The number of aromatic nitrogens is 2. The lowest BCUT2D eigenvalue weighted by Crippen LogP contribution is -2.40. The molecule has 0 aliphatic heterocycles. The number of carbonyl (C=O) groups is 1. The van der Waals surface area contributed by atoms with E-state index in [-0.39, 0.29) is 18.4 Å². The average molecular weight is 497 g/mol. The maximum atomic E-state index is 14.1. The second-order valence-electron chi connectivity index (χ2n) is 8.83. The lowest BCUT2D eigenvalue weighted by molar-refractivity contribution is 0.256. The molecule has 188 valence electrons. The number of hydrogen-bond acceptors (Lipinski definition) is 5. The number of H-pyrrole nitrogens is 1. The maximum Gasteiger partial charge on any atom is 0.333 e. The minimum absolute atomic E-state index is 0.154. The number of aryl methyl sites for hydroxylation is 1. The summed E-state index contributed by atoms with van der Waals surface area (Å²) in [5.41, 5.74) is -0.514. The van der Waals surface area contributed by atoms with E-state index in [1.165, 1.54) is 12.1 Å². The van der Waals surface area contributed by atoms with Gasteiger partial charge in [0.1, 0.15) is 5.82 Å². The van der Waals surface area contributed by atoms with Crippen molar-refractivity contribution in [2.45, 2.75) is 83.6 Å². The van der Waals surface area contributed by atoms with Crippen LogP contribution in [0.1, 0.15) is 83.3 Å². The monoisotopic (exact) mass is 496 g/mol. The first-order valence-electron chi connectivity index (χ1n) is 11.4. The van der Waals surface area contributed by atoms with Crippen LogP contribution in [0.5, 0.6) is 0 Å². The van der Waals surface area contributed by atoms with Gasteiger partial charge in [0.2, 0.25) is 0 Å². The third-order valence-electron chi connectivity index (χ3n) is 5.39. The standard InChI is InChI=1S/C23H33FN4O5S/c1-6-7-8-9-10-28-13-19(21(29)26-23(28)31)34(32,33)27-22(30)25-20-17(14(2)3)11-16(24)12-18(20)15(4)5/h11-15H,6-10H2,1-5H3,(H2,25,27,30)(H,26,29,31). The number of carbonyl (C=O) groups excluding carboxylic acids is 1. The van der Waals surface area contributed by atoms with Crippen LogP contribution >= 0.6 is 0 Å². The molecule has 3 N–H and O–H groups in total. The summed E-state index contributed by atoms with van der Waals surface area (Å²) in [7, 11) is -4.60. The Kier molecular flexibility index (Phi) is 9.20. The van der Waals surface area contributed by atoms with E-state index in [0.29, 0.717) is 23.2 Å². The van der Waals surface area contributed by atoms with E-state index < -0.39 is 38.0 Å². The zero-order valence-electron chi connectivity index (χ0n) is 20.2. The molecule has 2 rings (SSSR count). The Morgan fingerprint density at radius 1 is 1.06 bits per heavy atom. The SMILES string of the molecule is CCCCCCn1cc(S(=O)(=O)NC(=O)Nc2c(C(C)C)cc(F)cc2C(C)C)c(=O)[nH]c1=O. The number of urea groups is 1. The molecular formula is C23H33FN4O5S. The second kappa shape index (κ2) is 11.5. The van der Waals surface area contributed by atoms with E-state index in [0.717, 1.165) is 30.0 Å². The van der Waals surface area contributed by atoms with Crippen LogP contribution in [0.4, 0.5) is 14.9 Å². The van der Waals surface area contributed by atoms with Crippen molar-refractivity contribution in [3.8, 4) is 0 Å². The van der Waals surface area contributed by atoms with Crippen LogP contribution in [-0.4, -0.2) is 24.0 Å². The summed E-state index contributed by atoms with van der Waals surface area (Å²) in [6, 6.07) is 1.48. The molecule has 2 aromatic rings. The molecule has 11 heteroatoms. The minimum atomic E-state index is -4.60. The Bertz CT molecular complexity index is 1220. The highest BCUT2D eigenvalue weighted by atomic mass is 32.2. The van der Waals surface area contributed by atoms with E-state index in [1.807, 2.05) is 44.3 Å². The molecule has 9 nitrogen and oxygen atoms in total. The van der Waals surface area contributed by atoms with Crippen molar-refractivity contribution in [3.05, 3.63) is 56.1 Å². The zero-order chi connectivity index (χ0) is 25.6. The lowest BCUT2D eigenvalue weighted by Gasteiger charge is -2.20. The molecule has 0 saturated heterocycles. The van der Waals surface area contributed by atoms with Gasteiger partial charge in [0.15, 0.2) is 4.90 Å². The number of benzene rings is 1. The van der Waals surface area contributed by atoms with Crippen molar-refractivity contribution >= 4 is 21.7 Å². The topological polar surface area (TPSA) is 130 Å². The van der Waals surface area contributed by atoms with E-state index in [2.05, 4.69) is 5.32 Å². The summed E-state index contributed by atoms with van der Waals surface area (Å²) in [6.45, 7) is 9.55. The number of nitrogens with one attached hydrogen (secondary N) is 3. The number of sulfonamides is 1. The molecule has 2 amide bonds. The molecule has 1 aromatic carbocycles. The van der Waals surface area contributed by atoms with Gasteiger partial charge in [0.25, 0.3) is 15.6 Å². The van der Waals surface area contributed by atoms with Crippen LogP contribution in [-0.2, 0) is 16.6 Å². The zero-order valence-corrected chi connectivity index (χ0v) is 21.0. The maximum absolute atomic E-state index is 14.1. The summed E-state index contributed by atoms with van der Waals surface area (Å²) < 4.78 is 42.7. The summed E-state index contributed by atoms with van der Waals surface area (Å²) in [6.07, 6.45) is 4.38. The molecule has 0 unspecified atom stereocenters. The Morgan fingerprint density at radius 3 is 2.18 bits per heavy atom. The Labute approximate surface area is 198 Å². The third-order valence-corrected chi connectivity index (χ3v) is 6.72. The molecule has 1 aromatic heterocycles. The second-order valence-corrected chi connectivity index (χ2v) is 10.5. The van der Waals surface area contributed by atoms with Crippen molar-refractivity contribution in [2.75, 3.05) is 5.32 Å². The fraction of sp³-hybridized carbons (Fsp3) is 0.522. The van der Waals surface area contributed by atoms with Crippen molar-refractivity contribution in [2.24, 2.45) is 0 Å². The van der Waals surface area contributed by atoms with Gasteiger partial charge in [-0.2, -0.15) is 0 Å². The van der Waals surface area contributed by atoms with E-state index in [4.69, 9.17) is 0 Å². The highest BCUT2D eigenvalue weighted by molar-refractivity contribution is 7.90. The number of aromatic amines is 1.